The summed E-state index contributed by atoms with van der Waals surface area (Å²) in [7, 11) is 0. The largest absolute Gasteiger partial charge is 0.354 e. The molecule has 4 rings (SSSR count). The van der Waals surface area contributed by atoms with Gasteiger partial charge in [0.25, 0.3) is 0 Å². The highest BCUT2D eigenvalue weighted by molar-refractivity contribution is 7.22. The molecule has 0 atom stereocenters. The van der Waals surface area contributed by atoms with Crippen LogP contribution in [0.5, 0.6) is 0 Å². The predicted octanol–water partition coefficient (Wildman–Crippen LogP) is 1.57. The first-order chi connectivity index (χ1) is 10.2. The van der Waals surface area contributed by atoms with Gasteiger partial charge in [0, 0.05) is 32.2 Å². The van der Waals surface area contributed by atoms with Crippen LogP contribution >= 0.6 is 22.9 Å². The van der Waals surface area contributed by atoms with Crippen molar-refractivity contribution in [3.05, 3.63) is 23.2 Å². The third-order valence-corrected chi connectivity index (χ3v) is 5.46. The Bertz CT molecular complexity index is 697. The quantitative estimate of drug-likeness (QED) is 0.912. The molecule has 0 bridgehead atoms. The Morgan fingerprint density at radius 3 is 3.00 bits per heavy atom. The van der Waals surface area contributed by atoms with Gasteiger partial charge in [-0.15, -0.1) is 0 Å². The number of piperazine rings is 1. The Balaban J connectivity index is 1.46. The number of benzene rings is 1. The Hall–Kier alpha value is -1.37. The second kappa shape index (κ2) is 5.12. The van der Waals surface area contributed by atoms with E-state index in [2.05, 4.69) is 26.2 Å². The number of fused-ring (bicyclic) bond motifs is 1. The average Bonchev–Trinajstić information content (AvgIpc) is 2.82. The van der Waals surface area contributed by atoms with Gasteiger partial charge in [-0.2, -0.15) is 0 Å². The summed E-state index contributed by atoms with van der Waals surface area (Å²) in [6.45, 7) is 4.08. The van der Waals surface area contributed by atoms with E-state index in [0.29, 0.717) is 17.6 Å². The summed E-state index contributed by atoms with van der Waals surface area (Å²) < 4.78 is 1.12. The molecule has 3 heterocycles. The SMILES string of the molecule is O=C1CN(C2CN(c3nc4c(Cl)cccc4s3)C2)CCN1. The second-order valence-electron chi connectivity index (χ2n) is 5.46. The number of carbonyl (C=O) groups is 1. The number of thiazole rings is 1. The van der Waals surface area contributed by atoms with E-state index in [4.69, 9.17) is 11.6 Å². The summed E-state index contributed by atoms with van der Waals surface area (Å²) in [4.78, 5) is 20.6. The van der Waals surface area contributed by atoms with Gasteiger partial charge in [-0.1, -0.05) is 29.0 Å². The maximum absolute atomic E-state index is 11.4. The molecule has 2 aliphatic heterocycles. The van der Waals surface area contributed by atoms with E-state index in [1.54, 1.807) is 11.3 Å². The van der Waals surface area contributed by atoms with Crippen molar-refractivity contribution in [1.29, 1.82) is 0 Å². The molecule has 110 valence electrons. The second-order valence-corrected chi connectivity index (χ2v) is 6.88. The lowest BCUT2D eigenvalue weighted by molar-refractivity contribution is -0.125. The number of nitrogens with one attached hydrogen (secondary N) is 1. The summed E-state index contributed by atoms with van der Waals surface area (Å²) in [6.07, 6.45) is 0. The van der Waals surface area contributed by atoms with Gasteiger partial charge in [-0.05, 0) is 12.1 Å². The molecular weight excluding hydrogens is 308 g/mol. The average molecular weight is 323 g/mol. The number of hydrogen-bond acceptors (Lipinski definition) is 5. The normalized spacial score (nSPS) is 20.6. The number of hydrogen-bond donors (Lipinski definition) is 1. The van der Waals surface area contributed by atoms with E-state index in [1.165, 1.54) is 0 Å². The maximum atomic E-state index is 11.4. The van der Waals surface area contributed by atoms with E-state index in [9.17, 15) is 4.79 Å². The first kappa shape index (κ1) is 13.3. The predicted molar refractivity (Wildman–Crippen MR) is 85.2 cm³/mol. The molecule has 0 radical (unpaired) electrons. The van der Waals surface area contributed by atoms with Crippen molar-refractivity contribution < 1.29 is 4.79 Å². The number of para-hydroxylation sites is 1. The number of carbonyl (C=O) groups excluding carboxylic acids is 1. The standard InChI is InChI=1S/C14H15ClN4OS/c15-10-2-1-3-11-13(10)17-14(21-11)19-6-9(7-19)18-5-4-16-12(20)8-18/h1-3,9H,4-8H2,(H,16,20). The third-order valence-electron chi connectivity index (χ3n) is 4.08. The molecular formula is C14H15ClN4OS. The summed E-state index contributed by atoms with van der Waals surface area (Å²) in [5.74, 6) is 0.131. The lowest BCUT2D eigenvalue weighted by Gasteiger charge is -2.46. The fourth-order valence-corrected chi connectivity index (χ4v) is 4.13. The number of anilines is 1. The van der Waals surface area contributed by atoms with E-state index >= 15 is 0 Å². The molecule has 1 aromatic carbocycles. The molecule has 7 heteroatoms. The van der Waals surface area contributed by atoms with Crippen molar-refractivity contribution >= 4 is 44.2 Å². The summed E-state index contributed by atoms with van der Waals surface area (Å²) in [6, 6.07) is 6.34. The van der Waals surface area contributed by atoms with Crippen LogP contribution in [-0.4, -0.2) is 54.6 Å². The number of nitrogens with zero attached hydrogens (tertiary/aromatic N) is 3. The van der Waals surface area contributed by atoms with Crippen LogP contribution in [0, 0.1) is 0 Å². The van der Waals surface area contributed by atoms with Crippen LogP contribution < -0.4 is 10.2 Å². The highest BCUT2D eigenvalue weighted by Crippen LogP contribution is 2.35. The van der Waals surface area contributed by atoms with Crippen LogP contribution in [0.2, 0.25) is 5.02 Å². The minimum absolute atomic E-state index is 0.131. The highest BCUT2D eigenvalue weighted by atomic mass is 35.5. The lowest BCUT2D eigenvalue weighted by Crippen LogP contribution is -2.63. The van der Waals surface area contributed by atoms with Gasteiger partial charge < -0.3 is 10.2 Å². The molecule has 1 aromatic heterocycles. The molecule has 2 fully saturated rings. The van der Waals surface area contributed by atoms with E-state index in [-0.39, 0.29) is 5.91 Å². The monoisotopic (exact) mass is 322 g/mol. The molecule has 2 aliphatic rings. The number of amides is 1. The first-order valence-corrected chi connectivity index (χ1v) is 8.21. The molecule has 2 saturated heterocycles. The number of halogens is 1. The number of rotatable bonds is 2. The zero-order valence-corrected chi connectivity index (χ0v) is 13.0. The fourth-order valence-electron chi connectivity index (χ4n) is 2.85. The van der Waals surface area contributed by atoms with Crippen LogP contribution in [-0.2, 0) is 4.79 Å². The van der Waals surface area contributed by atoms with Crippen molar-refractivity contribution in [3.63, 3.8) is 0 Å². The minimum Gasteiger partial charge on any atom is -0.354 e. The molecule has 5 nitrogen and oxygen atoms in total. The Morgan fingerprint density at radius 2 is 2.24 bits per heavy atom. The molecule has 1 N–H and O–H groups in total. The first-order valence-electron chi connectivity index (χ1n) is 7.01. The molecule has 21 heavy (non-hydrogen) atoms. The smallest absolute Gasteiger partial charge is 0.234 e. The maximum Gasteiger partial charge on any atom is 0.234 e. The lowest BCUT2D eigenvalue weighted by atomic mass is 10.1. The molecule has 2 aromatic rings. The molecule has 0 aliphatic carbocycles. The third kappa shape index (κ3) is 2.37. The van der Waals surface area contributed by atoms with Crippen LogP contribution in [0.15, 0.2) is 18.2 Å². The zero-order valence-electron chi connectivity index (χ0n) is 11.4. The van der Waals surface area contributed by atoms with Gasteiger partial charge in [0.2, 0.25) is 5.91 Å². The molecule has 0 saturated carbocycles. The molecule has 0 spiro atoms. The zero-order chi connectivity index (χ0) is 14.4. The van der Waals surface area contributed by atoms with Crippen LogP contribution in [0.4, 0.5) is 5.13 Å². The van der Waals surface area contributed by atoms with Crippen molar-refractivity contribution in [2.45, 2.75) is 6.04 Å². The summed E-state index contributed by atoms with van der Waals surface area (Å²) in [5, 5.41) is 4.59. The molecule has 1 amide bonds. The Labute approximate surface area is 131 Å². The van der Waals surface area contributed by atoms with Crippen molar-refractivity contribution in [1.82, 2.24) is 15.2 Å². The van der Waals surface area contributed by atoms with Crippen molar-refractivity contribution in [2.75, 3.05) is 37.6 Å². The van der Waals surface area contributed by atoms with Crippen molar-refractivity contribution in [3.8, 4) is 0 Å². The van der Waals surface area contributed by atoms with Gasteiger partial charge >= 0.3 is 0 Å². The Morgan fingerprint density at radius 1 is 1.38 bits per heavy atom. The van der Waals surface area contributed by atoms with Crippen molar-refractivity contribution in [2.24, 2.45) is 0 Å². The van der Waals surface area contributed by atoms with Gasteiger partial charge in [0.1, 0.15) is 5.52 Å². The topological polar surface area (TPSA) is 48.5 Å². The molecule has 0 unspecified atom stereocenters. The Kier molecular flexibility index (Phi) is 3.24. The fraction of sp³-hybridized carbons (Fsp3) is 0.429. The summed E-state index contributed by atoms with van der Waals surface area (Å²) in [5.41, 5.74) is 0.889. The van der Waals surface area contributed by atoms with Gasteiger partial charge in [-0.25, -0.2) is 4.98 Å². The summed E-state index contributed by atoms with van der Waals surface area (Å²) >= 11 is 7.85. The van der Waals surface area contributed by atoms with Crippen LogP contribution in [0.25, 0.3) is 10.2 Å². The highest BCUT2D eigenvalue weighted by Gasteiger charge is 2.35. The van der Waals surface area contributed by atoms with Gasteiger partial charge in [0.05, 0.1) is 16.3 Å². The van der Waals surface area contributed by atoms with Crippen LogP contribution in [0.1, 0.15) is 0 Å². The van der Waals surface area contributed by atoms with E-state index < -0.39 is 0 Å². The number of aromatic nitrogens is 1. The minimum atomic E-state index is 0.131. The van der Waals surface area contributed by atoms with E-state index in [0.717, 1.165) is 41.5 Å². The van der Waals surface area contributed by atoms with Crippen LogP contribution in [0.3, 0.4) is 0 Å². The van der Waals surface area contributed by atoms with Gasteiger partial charge in [-0.3, -0.25) is 9.69 Å². The van der Waals surface area contributed by atoms with E-state index in [1.807, 2.05) is 12.1 Å². The van der Waals surface area contributed by atoms with Gasteiger partial charge in [0.15, 0.2) is 5.13 Å².